The first-order valence-corrected chi connectivity index (χ1v) is 4.08. The lowest BCUT2D eigenvalue weighted by atomic mass is 10.6. The average molecular weight is 177 g/mol. The minimum absolute atomic E-state index is 0.556. The van der Waals surface area contributed by atoms with Crippen molar-refractivity contribution in [3.05, 3.63) is 31.1 Å². The first-order chi connectivity index (χ1) is 6.36. The summed E-state index contributed by atoms with van der Waals surface area (Å²) in [7, 11) is 0. The summed E-state index contributed by atoms with van der Waals surface area (Å²) in [4.78, 5) is 7.88. The Balaban J connectivity index is 1.97. The van der Waals surface area contributed by atoms with Crippen LogP contribution in [-0.4, -0.2) is 19.1 Å². The van der Waals surface area contributed by atoms with E-state index in [0.717, 1.165) is 13.1 Å². The molecule has 0 radical (unpaired) electrons. The van der Waals surface area contributed by atoms with Crippen molar-refractivity contribution in [2.75, 3.05) is 5.73 Å². The van der Waals surface area contributed by atoms with Crippen molar-refractivity contribution >= 4 is 5.95 Å². The molecule has 2 rings (SSSR count). The topological polar surface area (TPSA) is 61.7 Å². The van der Waals surface area contributed by atoms with Crippen LogP contribution >= 0.6 is 0 Å². The monoisotopic (exact) mass is 177 g/mol. The summed E-state index contributed by atoms with van der Waals surface area (Å²) in [5, 5.41) is 0. The normalized spacial score (nSPS) is 10.5. The molecule has 0 aliphatic heterocycles. The third kappa shape index (κ3) is 1.69. The lowest BCUT2D eigenvalue weighted by molar-refractivity contribution is 0.584. The van der Waals surface area contributed by atoms with E-state index in [1.54, 1.807) is 18.7 Å². The summed E-state index contributed by atoms with van der Waals surface area (Å²) in [6, 6.07) is 0. The smallest absolute Gasteiger partial charge is 0.200 e. The molecule has 0 unspecified atom stereocenters. The van der Waals surface area contributed by atoms with Gasteiger partial charge in [-0.05, 0) is 0 Å². The summed E-state index contributed by atoms with van der Waals surface area (Å²) in [6.07, 6.45) is 9.03. The number of aromatic nitrogens is 4. The van der Waals surface area contributed by atoms with Crippen LogP contribution in [0.1, 0.15) is 0 Å². The maximum absolute atomic E-state index is 5.61. The molecule has 13 heavy (non-hydrogen) atoms. The van der Waals surface area contributed by atoms with Crippen molar-refractivity contribution in [2.45, 2.75) is 13.1 Å². The molecule has 0 saturated carbocycles. The van der Waals surface area contributed by atoms with E-state index in [1.165, 1.54) is 0 Å². The molecule has 2 N–H and O–H groups in total. The maximum atomic E-state index is 5.61. The Morgan fingerprint density at radius 1 is 1.23 bits per heavy atom. The summed E-state index contributed by atoms with van der Waals surface area (Å²) >= 11 is 0. The van der Waals surface area contributed by atoms with E-state index in [-0.39, 0.29) is 0 Å². The van der Waals surface area contributed by atoms with Gasteiger partial charge in [-0.15, -0.1) is 0 Å². The molecule has 0 aliphatic rings. The molecule has 0 bridgehead atoms. The number of hydrogen-bond donors (Lipinski definition) is 1. The molecule has 0 amide bonds. The van der Waals surface area contributed by atoms with Gasteiger partial charge < -0.3 is 14.9 Å². The minimum Gasteiger partial charge on any atom is -0.369 e. The van der Waals surface area contributed by atoms with Gasteiger partial charge in [-0.3, -0.25) is 0 Å². The molecule has 2 heterocycles. The summed E-state index contributed by atoms with van der Waals surface area (Å²) < 4.78 is 3.90. The molecule has 0 aliphatic carbocycles. The Bertz CT molecular complexity index is 362. The van der Waals surface area contributed by atoms with E-state index in [2.05, 4.69) is 9.97 Å². The zero-order chi connectivity index (χ0) is 9.10. The van der Waals surface area contributed by atoms with E-state index in [9.17, 15) is 0 Å². The molecular weight excluding hydrogens is 166 g/mol. The van der Waals surface area contributed by atoms with Crippen LogP contribution in [0.25, 0.3) is 0 Å². The quantitative estimate of drug-likeness (QED) is 0.736. The number of nitrogens with two attached hydrogens (primary N) is 1. The lowest BCUT2D eigenvalue weighted by Gasteiger charge is -2.04. The van der Waals surface area contributed by atoms with Crippen LogP contribution in [0.5, 0.6) is 0 Å². The SMILES string of the molecule is Nc1nccn1CCn1ccnc1. The number of nitrogens with zero attached hydrogens (tertiary/aromatic N) is 4. The molecule has 2 aromatic rings. The molecule has 0 atom stereocenters. The van der Waals surface area contributed by atoms with Gasteiger partial charge in [0.05, 0.1) is 6.33 Å². The first-order valence-electron chi connectivity index (χ1n) is 4.08. The van der Waals surface area contributed by atoms with Crippen molar-refractivity contribution in [2.24, 2.45) is 0 Å². The predicted molar refractivity (Wildman–Crippen MR) is 48.9 cm³/mol. The van der Waals surface area contributed by atoms with Gasteiger partial charge in [-0.25, -0.2) is 9.97 Å². The fourth-order valence-corrected chi connectivity index (χ4v) is 1.17. The molecule has 5 heteroatoms. The summed E-state index contributed by atoms with van der Waals surface area (Å²) in [5.41, 5.74) is 5.61. The van der Waals surface area contributed by atoms with Gasteiger partial charge in [0.15, 0.2) is 5.95 Å². The van der Waals surface area contributed by atoms with Gasteiger partial charge in [0.2, 0.25) is 0 Å². The molecule has 5 nitrogen and oxygen atoms in total. The van der Waals surface area contributed by atoms with Crippen LogP contribution in [0.4, 0.5) is 5.95 Å². The zero-order valence-electron chi connectivity index (χ0n) is 7.17. The molecular formula is C8H11N5. The fourth-order valence-electron chi connectivity index (χ4n) is 1.17. The van der Waals surface area contributed by atoms with E-state index in [4.69, 9.17) is 5.73 Å². The van der Waals surface area contributed by atoms with E-state index < -0.39 is 0 Å². The minimum atomic E-state index is 0.556. The first kappa shape index (κ1) is 7.85. The largest absolute Gasteiger partial charge is 0.369 e. The number of imidazole rings is 2. The molecule has 2 aromatic heterocycles. The maximum Gasteiger partial charge on any atom is 0.200 e. The van der Waals surface area contributed by atoms with Crippen molar-refractivity contribution in [3.8, 4) is 0 Å². The number of hydrogen-bond acceptors (Lipinski definition) is 3. The van der Waals surface area contributed by atoms with E-state index in [1.807, 2.05) is 21.5 Å². The van der Waals surface area contributed by atoms with Gasteiger partial charge in [0, 0.05) is 37.9 Å². The van der Waals surface area contributed by atoms with Gasteiger partial charge in [0.25, 0.3) is 0 Å². The Morgan fingerprint density at radius 2 is 2.15 bits per heavy atom. The number of nitrogen functional groups attached to an aromatic ring is 1. The second kappa shape index (κ2) is 3.30. The highest BCUT2D eigenvalue weighted by molar-refractivity contribution is 5.16. The Labute approximate surface area is 75.8 Å². The van der Waals surface area contributed by atoms with Crippen LogP contribution in [0.15, 0.2) is 31.1 Å². The van der Waals surface area contributed by atoms with Crippen LogP contribution < -0.4 is 5.73 Å². The highest BCUT2D eigenvalue weighted by Gasteiger charge is 1.96. The summed E-state index contributed by atoms with van der Waals surface area (Å²) in [6.45, 7) is 1.68. The molecule has 0 aromatic carbocycles. The van der Waals surface area contributed by atoms with Crippen LogP contribution in [0.3, 0.4) is 0 Å². The van der Waals surface area contributed by atoms with E-state index >= 15 is 0 Å². The molecule has 0 fully saturated rings. The Hall–Kier alpha value is -1.78. The molecule has 68 valence electrons. The van der Waals surface area contributed by atoms with Crippen molar-refractivity contribution in [3.63, 3.8) is 0 Å². The summed E-state index contributed by atoms with van der Waals surface area (Å²) in [5.74, 6) is 0.556. The van der Waals surface area contributed by atoms with Crippen molar-refractivity contribution in [1.82, 2.24) is 19.1 Å². The number of anilines is 1. The van der Waals surface area contributed by atoms with Crippen LogP contribution in [-0.2, 0) is 13.1 Å². The van der Waals surface area contributed by atoms with Crippen LogP contribution in [0.2, 0.25) is 0 Å². The number of rotatable bonds is 3. The van der Waals surface area contributed by atoms with Gasteiger partial charge in [-0.2, -0.15) is 0 Å². The Kier molecular flexibility index (Phi) is 1.99. The van der Waals surface area contributed by atoms with E-state index in [0.29, 0.717) is 5.95 Å². The Morgan fingerprint density at radius 3 is 2.77 bits per heavy atom. The third-order valence-electron chi connectivity index (χ3n) is 1.91. The van der Waals surface area contributed by atoms with Crippen LogP contribution in [0, 0.1) is 0 Å². The molecule has 0 saturated heterocycles. The molecule has 0 spiro atoms. The van der Waals surface area contributed by atoms with Gasteiger partial charge >= 0.3 is 0 Å². The second-order valence-electron chi connectivity index (χ2n) is 2.78. The van der Waals surface area contributed by atoms with Gasteiger partial charge in [0.1, 0.15) is 0 Å². The zero-order valence-corrected chi connectivity index (χ0v) is 7.17. The third-order valence-corrected chi connectivity index (χ3v) is 1.91. The number of aryl methyl sites for hydroxylation is 2. The lowest BCUT2D eigenvalue weighted by Crippen LogP contribution is -2.07. The van der Waals surface area contributed by atoms with Crippen molar-refractivity contribution in [1.29, 1.82) is 0 Å². The second-order valence-corrected chi connectivity index (χ2v) is 2.78. The predicted octanol–water partition coefficient (Wildman–Crippen LogP) is 0.362. The average Bonchev–Trinajstić information content (AvgIpc) is 2.72. The van der Waals surface area contributed by atoms with Gasteiger partial charge in [-0.1, -0.05) is 0 Å². The standard InChI is InChI=1S/C8H11N5/c9-8-11-2-4-13(8)6-5-12-3-1-10-7-12/h1-4,7H,5-6H2,(H2,9,11). The van der Waals surface area contributed by atoms with Crippen molar-refractivity contribution < 1.29 is 0 Å². The highest BCUT2D eigenvalue weighted by Crippen LogP contribution is 1.99. The highest BCUT2D eigenvalue weighted by atomic mass is 15.2. The fraction of sp³-hybridized carbons (Fsp3) is 0.250.